The van der Waals surface area contributed by atoms with Crippen LogP contribution in [0.15, 0.2) is 18.2 Å². The molecule has 1 aliphatic rings. The van der Waals surface area contributed by atoms with Crippen LogP contribution in [0.25, 0.3) is 0 Å². The smallest absolute Gasteiger partial charge is 0.257 e. The number of ether oxygens (including phenoxy) is 3. The van der Waals surface area contributed by atoms with Crippen LogP contribution in [0, 0.1) is 5.92 Å². The molecule has 0 radical (unpaired) electrons. The number of benzene rings is 1. The molecule has 0 aromatic heterocycles. The Kier molecular flexibility index (Phi) is 9.46. The number of fused-ring (bicyclic) bond motifs is 1. The molecule has 0 saturated carbocycles. The molecule has 3 amide bonds. The summed E-state index contributed by atoms with van der Waals surface area (Å²) in [5, 5.41) is 2.78. The van der Waals surface area contributed by atoms with E-state index in [1.165, 1.54) is 7.11 Å². The van der Waals surface area contributed by atoms with Crippen LogP contribution < -0.4 is 10.1 Å². The van der Waals surface area contributed by atoms with Crippen molar-refractivity contribution in [1.29, 1.82) is 0 Å². The summed E-state index contributed by atoms with van der Waals surface area (Å²) in [5.41, 5.74) is 0.862. The number of carbonyl (C=O) groups is 3. The maximum Gasteiger partial charge on any atom is 0.257 e. The predicted octanol–water partition coefficient (Wildman–Crippen LogP) is 2.01. The van der Waals surface area contributed by atoms with Crippen molar-refractivity contribution in [2.75, 3.05) is 52.9 Å². The number of rotatable bonds is 5. The SMILES string of the molecule is CCC(=O)Nc1ccc2c(c1)C(=O)N(C)C[C@H](OC)[C@@H](C)CN(C(=O)COC)[C@H](C)CO2. The minimum absolute atomic E-state index is 0.0236. The molecule has 2 rings (SSSR count). The standard InChI is InChI=1S/C23H35N3O6/c1-7-21(27)24-17-8-9-19-18(10-17)23(29)25(4)12-20(31-6)15(2)11-26(16(3)13-32-19)22(28)14-30-5/h8-10,15-16,20H,7,11-14H2,1-6H3,(H,24,27)/t15-,16+,20-/m0/s1. The second-order valence-corrected chi connectivity index (χ2v) is 8.19. The van der Waals surface area contributed by atoms with Gasteiger partial charge in [-0.2, -0.15) is 0 Å². The molecule has 32 heavy (non-hydrogen) atoms. The van der Waals surface area contributed by atoms with Crippen molar-refractivity contribution in [3.8, 4) is 5.75 Å². The van der Waals surface area contributed by atoms with Gasteiger partial charge in [0.1, 0.15) is 19.0 Å². The highest BCUT2D eigenvalue weighted by Crippen LogP contribution is 2.26. The van der Waals surface area contributed by atoms with E-state index in [4.69, 9.17) is 14.2 Å². The van der Waals surface area contributed by atoms with Gasteiger partial charge in [0, 0.05) is 52.4 Å². The normalized spacial score (nSPS) is 22.3. The minimum Gasteiger partial charge on any atom is -0.491 e. The first-order valence-electron chi connectivity index (χ1n) is 10.8. The van der Waals surface area contributed by atoms with Gasteiger partial charge in [0.15, 0.2) is 0 Å². The summed E-state index contributed by atoms with van der Waals surface area (Å²) in [6, 6.07) is 4.74. The van der Waals surface area contributed by atoms with E-state index in [0.717, 1.165) is 0 Å². The first-order chi connectivity index (χ1) is 15.2. The van der Waals surface area contributed by atoms with Gasteiger partial charge in [0.25, 0.3) is 5.91 Å². The Balaban J connectivity index is 2.44. The topological polar surface area (TPSA) is 97.4 Å². The highest BCUT2D eigenvalue weighted by Gasteiger charge is 2.30. The lowest BCUT2D eigenvalue weighted by Crippen LogP contribution is -2.49. The van der Waals surface area contributed by atoms with E-state index in [2.05, 4.69) is 5.32 Å². The quantitative estimate of drug-likeness (QED) is 0.739. The molecule has 0 bridgehead atoms. The van der Waals surface area contributed by atoms with E-state index in [9.17, 15) is 14.4 Å². The Morgan fingerprint density at radius 2 is 1.94 bits per heavy atom. The molecule has 1 aromatic rings. The van der Waals surface area contributed by atoms with Gasteiger partial charge in [0.2, 0.25) is 11.8 Å². The van der Waals surface area contributed by atoms with E-state index in [1.807, 2.05) is 13.8 Å². The molecule has 9 heteroatoms. The third-order valence-corrected chi connectivity index (χ3v) is 5.64. The largest absolute Gasteiger partial charge is 0.491 e. The Hall–Kier alpha value is -2.65. The number of hydrogen-bond acceptors (Lipinski definition) is 6. The number of hydrogen-bond donors (Lipinski definition) is 1. The van der Waals surface area contributed by atoms with Crippen LogP contribution in [-0.2, 0) is 19.1 Å². The number of nitrogens with zero attached hydrogens (tertiary/aromatic N) is 2. The van der Waals surface area contributed by atoms with Crippen LogP contribution in [0.4, 0.5) is 5.69 Å². The molecule has 0 unspecified atom stereocenters. The molecule has 0 spiro atoms. The van der Waals surface area contributed by atoms with E-state index in [0.29, 0.717) is 36.5 Å². The first kappa shape index (κ1) is 25.6. The third kappa shape index (κ3) is 6.43. The molecule has 1 heterocycles. The van der Waals surface area contributed by atoms with Crippen LogP contribution >= 0.6 is 0 Å². The van der Waals surface area contributed by atoms with Crippen molar-refractivity contribution in [2.45, 2.75) is 39.3 Å². The van der Waals surface area contributed by atoms with Crippen molar-refractivity contribution in [2.24, 2.45) is 5.92 Å². The monoisotopic (exact) mass is 449 g/mol. The zero-order valence-corrected chi connectivity index (χ0v) is 19.8. The summed E-state index contributed by atoms with van der Waals surface area (Å²) in [4.78, 5) is 41.1. The Bertz CT molecular complexity index is 815. The number of amides is 3. The van der Waals surface area contributed by atoms with Gasteiger partial charge in [-0.3, -0.25) is 14.4 Å². The van der Waals surface area contributed by atoms with Gasteiger partial charge in [-0.1, -0.05) is 13.8 Å². The number of anilines is 1. The maximum atomic E-state index is 13.3. The van der Waals surface area contributed by atoms with Crippen molar-refractivity contribution in [3.63, 3.8) is 0 Å². The Labute approximate surface area is 190 Å². The van der Waals surface area contributed by atoms with Crippen LogP contribution in [0.5, 0.6) is 5.75 Å². The number of likely N-dealkylation sites (N-methyl/N-ethyl adjacent to an activating group) is 1. The Morgan fingerprint density at radius 1 is 1.22 bits per heavy atom. The van der Waals surface area contributed by atoms with Gasteiger partial charge in [-0.15, -0.1) is 0 Å². The summed E-state index contributed by atoms with van der Waals surface area (Å²) >= 11 is 0. The number of carbonyl (C=O) groups excluding carboxylic acids is 3. The van der Waals surface area contributed by atoms with Crippen LogP contribution in [0.2, 0.25) is 0 Å². The summed E-state index contributed by atoms with van der Waals surface area (Å²) < 4.78 is 16.7. The van der Waals surface area contributed by atoms with Gasteiger partial charge < -0.3 is 29.3 Å². The Morgan fingerprint density at radius 3 is 2.56 bits per heavy atom. The highest BCUT2D eigenvalue weighted by molar-refractivity contribution is 5.99. The van der Waals surface area contributed by atoms with Crippen molar-refractivity contribution in [3.05, 3.63) is 23.8 Å². The average molecular weight is 450 g/mol. The van der Waals surface area contributed by atoms with E-state index < -0.39 is 0 Å². The van der Waals surface area contributed by atoms with Crippen molar-refractivity contribution in [1.82, 2.24) is 9.80 Å². The van der Waals surface area contributed by atoms with E-state index in [-0.39, 0.29) is 49.0 Å². The molecule has 178 valence electrons. The first-order valence-corrected chi connectivity index (χ1v) is 10.8. The van der Waals surface area contributed by atoms with Crippen molar-refractivity contribution < 1.29 is 28.6 Å². The molecular weight excluding hydrogens is 414 g/mol. The third-order valence-electron chi connectivity index (χ3n) is 5.64. The van der Waals surface area contributed by atoms with Crippen LogP contribution in [0.3, 0.4) is 0 Å². The van der Waals surface area contributed by atoms with E-state index >= 15 is 0 Å². The van der Waals surface area contributed by atoms with E-state index in [1.54, 1.807) is 49.1 Å². The molecule has 1 aliphatic heterocycles. The molecule has 3 atom stereocenters. The highest BCUT2D eigenvalue weighted by atomic mass is 16.5. The lowest BCUT2D eigenvalue weighted by molar-refractivity contribution is -0.139. The van der Waals surface area contributed by atoms with Gasteiger partial charge >= 0.3 is 0 Å². The van der Waals surface area contributed by atoms with Crippen LogP contribution in [0.1, 0.15) is 37.6 Å². The molecular formula is C23H35N3O6. The molecule has 0 saturated heterocycles. The van der Waals surface area contributed by atoms with Crippen molar-refractivity contribution >= 4 is 23.4 Å². The lowest BCUT2D eigenvalue weighted by Gasteiger charge is -2.36. The fourth-order valence-electron chi connectivity index (χ4n) is 3.66. The molecule has 1 N–H and O–H groups in total. The lowest BCUT2D eigenvalue weighted by atomic mass is 10.0. The average Bonchev–Trinajstić information content (AvgIpc) is 2.78. The van der Waals surface area contributed by atoms with Gasteiger partial charge in [0.05, 0.1) is 17.7 Å². The fourth-order valence-corrected chi connectivity index (χ4v) is 3.66. The molecule has 1 aromatic carbocycles. The minimum atomic E-state index is -0.277. The predicted molar refractivity (Wildman–Crippen MR) is 121 cm³/mol. The zero-order valence-electron chi connectivity index (χ0n) is 19.8. The maximum absolute atomic E-state index is 13.3. The molecule has 0 fully saturated rings. The second-order valence-electron chi connectivity index (χ2n) is 8.19. The van der Waals surface area contributed by atoms with Gasteiger partial charge in [-0.05, 0) is 25.1 Å². The molecule has 9 nitrogen and oxygen atoms in total. The van der Waals surface area contributed by atoms with Crippen LogP contribution in [-0.4, -0.2) is 87.2 Å². The zero-order chi connectivity index (χ0) is 23.8. The number of nitrogens with one attached hydrogen (secondary N) is 1. The summed E-state index contributed by atoms with van der Waals surface area (Å²) in [5.74, 6) is -0.154. The summed E-state index contributed by atoms with van der Waals surface area (Å²) in [7, 11) is 4.79. The number of methoxy groups -OCH3 is 2. The molecule has 0 aliphatic carbocycles. The summed E-state index contributed by atoms with van der Waals surface area (Å²) in [6.07, 6.45) is 0.0540. The summed E-state index contributed by atoms with van der Waals surface area (Å²) in [6.45, 7) is 6.61. The second kappa shape index (κ2) is 11.8. The van der Waals surface area contributed by atoms with Gasteiger partial charge in [-0.25, -0.2) is 0 Å². The fraction of sp³-hybridized carbons (Fsp3) is 0.609.